The van der Waals surface area contributed by atoms with Crippen molar-refractivity contribution in [2.24, 2.45) is 23.7 Å². The predicted octanol–water partition coefficient (Wildman–Crippen LogP) is 15.5. The van der Waals surface area contributed by atoms with Gasteiger partial charge in [-0.25, -0.2) is 0 Å². The highest BCUT2D eigenvalue weighted by atomic mass is 14.6. The monoisotopic (exact) mass is 740 g/mol. The van der Waals surface area contributed by atoms with Crippen molar-refractivity contribution in [1.82, 2.24) is 0 Å². The highest BCUT2D eigenvalue weighted by molar-refractivity contribution is 6.23. The molecule has 1 spiro atoms. The molecule has 5 aliphatic carbocycles. The predicted molar refractivity (Wildman–Crippen MR) is 244 cm³/mol. The first-order valence-electron chi connectivity index (χ1n) is 21.6. The molecule has 9 aromatic carbocycles. The Labute approximate surface area is 340 Å². The summed E-state index contributed by atoms with van der Waals surface area (Å²) in [6, 6.07) is 69.1. The molecule has 9 aromatic rings. The van der Waals surface area contributed by atoms with E-state index in [1.54, 1.807) is 11.1 Å². The van der Waals surface area contributed by atoms with Gasteiger partial charge in [0.1, 0.15) is 0 Å². The Morgan fingerprint density at radius 3 is 1.34 bits per heavy atom. The molecule has 0 aromatic heterocycles. The summed E-state index contributed by atoms with van der Waals surface area (Å²) in [7, 11) is 0. The summed E-state index contributed by atoms with van der Waals surface area (Å²) in [6.07, 6.45) is 7.03. The van der Waals surface area contributed by atoms with Crippen LogP contribution in [0.4, 0.5) is 0 Å². The maximum Gasteiger partial charge on any atom is 0.0272 e. The van der Waals surface area contributed by atoms with E-state index in [9.17, 15) is 0 Å². The maximum absolute atomic E-state index is 2.64. The van der Waals surface area contributed by atoms with E-state index in [2.05, 4.69) is 182 Å². The quantitative estimate of drug-likeness (QED) is 0.158. The standard InChI is InChI=1S/C58H44/c1-2-11-38(12-3-1)39-21-23-40(24-22-39)41-25-27-42(28-26-41)55-47-15-6-8-17-49(47)56(50-18-9-7-16-48(50)55)51-19-10-20-53-57(51)52-34-43-13-4-5-14-44(43)35-54(52)58(53)45-30-36-29-37(32-45)33-46(58)31-36/h1-28,34-37,45-46H,29-33H2. The second-order valence-corrected chi connectivity index (χ2v) is 18.0. The SMILES string of the molecule is c1ccc(-c2ccc(-c3ccc(-c4c5ccccc5c(-c5cccc6c5-c5cc7ccccc7cc5C65C6CC7CC(C6)CC5C7)c5ccccc45)cc3)cc2)cc1. The van der Waals surface area contributed by atoms with Crippen LogP contribution < -0.4 is 0 Å². The van der Waals surface area contributed by atoms with Gasteiger partial charge in [0.05, 0.1) is 0 Å². The minimum absolute atomic E-state index is 0.104. The minimum atomic E-state index is 0.104. The molecule has 5 aliphatic rings. The molecule has 4 fully saturated rings. The van der Waals surface area contributed by atoms with E-state index in [-0.39, 0.29) is 5.41 Å². The second kappa shape index (κ2) is 12.4. The summed E-state index contributed by atoms with van der Waals surface area (Å²) in [6.45, 7) is 0. The smallest absolute Gasteiger partial charge is 0.0272 e. The molecule has 0 aliphatic heterocycles. The van der Waals surface area contributed by atoms with Gasteiger partial charge in [0.25, 0.3) is 0 Å². The minimum Gasteiger partial charge on any atom is -0.0622 e. The van der Waals surface area contributed by atoms with Gasteiger partial charge in [-0.05, 0) is 167 Å². The van der Waals surface area contributed by atoms with E-state index in [1.807, 2.05) is 0 Å². The van der Waals surface area contributed by atoms with Crippen molar-refractivity contribution in [3.05, 3.63) is 193 Å². The van der Waals surface area contributed by atoms with Gasteiger partial charge in [0, 0.05) is 5.41 Å². The van der Waals surface area contributed by atoms with Crippen molar-refractivity contribution in [2.45, 2.75) is 37.5 Å². The van der Waals surface area contributed by atoms with Gasteiger partial charge in [-0.3, -0.25) is 0 Å². The van der Waals surface area contributed by atoms with E-state index in [1.165, 1.54) is 120 Å². The van der Waals surface area contributed by atoms with Gasteiger partial charge < -0.3 is 0 Å². The van der Waals surface area contributed by atoms with Crippen LogP contribution in [0.2, 0.25) is 0 Å². The lowest BCUT2D eigenvalue weighted by Crippen LogP contribution is -2.55. The Kier molecular flexibility index (Phi) is 7.00. The third-order valence-electron chi connectivity index (χ3n) is 15.2. The second-order valence-electron chi connectivity index (χ2n) is 18.0. The van der Waals surface area contributed by atoms with Gasteiger partial charge in [0.2, 0.25) is 0 Å². The van der Waals surface area contributed by atoms with Gasteiger partial charge in [-0.1, -0.05) is 170 Å². The molecule has 0 N–H and O–H groups in total. The molecule has 0 unspecified atom stereocenters. The Bertz CT molecular complexity index is 3010. The van der Waals surface area contributed by atoms with Crippen LogP contribution in [-0.2, 0) is 5.41 Å². The lowest BCUT2D eigenvalue weighted by Gasteiger charge is -2.61. The molecule has 0 atom stereocenters. The highest BCUT2D eigenvalue weighted by Crippen LogP contribution is 2.70. The molecule has 4 saturated carbocycles. The molecule has 14 rings (SSSR count). The molecular weight excluding hydrogens is 697 g/mol. The molecule has 0 amide bonds. The van der Waals surface area contributed by atoms with Crippen LogP contribution in [0.25, 0.3) is 88.0 Å². The number of hydrogen-bond acceptors (Lipinski definition) is 0. The van der Waals surface area contributed by atoms with Crippen molar-refractivity contribution in [1.29, 1.82) is 0 Å². The largest absolute Gasteiger partial charge is 0.0622 e. The van der Waals surface area contributed by atoms with Crippen molar-refractivity contribution < 1.29 is 0 Å². The van der Waals surface area contributed by atoms with E-state index in [0.29, 0.717) is 0 Å². The van der Waals surface area contributed by atoms with Gasteiger partial charge in [-0.2, -0.15) is 0 Å². The number of rotatable bonds is 4. The fourth-order valence-corrected chi connectivity index (χ4v) is 13.2. The van der Waals surface area contributed by atoms with Gasteiger partial charge in [-0.15, -0.1) is 0 Å². The van der Waals surface area contributed by atoms with Gasteiger partial charge in [0.15, 0.2) is 0 Å². The Morgan fingerprint density at radius 2 is 0.776 bits per heavy atom. The Hall–Kier alpha value is -6.24. The lowest BCUT2D eigenvalue weighted by molar-refractivity contribution is -0.0398. The lowest BCUT2D eigenvalue weighted by atomic mass is 9.43. The number of benzene rings is 9. The molecule has 4 bridgehead atoms. The summed E-state index contributed by atoms with van der Waals surface area (Å²) in [5, 5.41) is 8.03. The zero-order chi connectivity index (χ0) is 38.0. The third kappa shape index (κ3) is 4.58. The third-order valence-corrected chi connectivity index (χ3v) is 15.2. The Balaban J connectivity index is 1.01. The molecular formula is C58H44. The van der Waals surface area contributed by atoms with Crippen LogP contribution in [0.5, 0.6) is 0 Å². The molecule has 0 saturated heterocycles. The molecule has 0 nitrogen and oxygen atoms in total. The topological polar surface area (TPSA) is 0 Å². The summed E-state index contributed by atoms with van der Waals surface area (Å²) in [5.74, 6) is 3.28. The zero-order valence-corrected chi connectivity index (χ0v) is 32.7. The van der Waals surface area contributed by atoms with Crippen LogP contribution in [0.1, 0.15) is 43.2 Å². The van der Waals surface area contributed by atoms with Crippen LogP contribution in [0.15, 0.2) is 182 Å². The molecule has 0 heterocycles. The number of hydrogen-bond donors (Lipinski definition) is 0. The summed E-state index contributed by atoms with van der Waals surface area (Å²) < 4.78 is 0. The molecule has 0 heteroatoms. The molecule has 58 heavy (non-hydrogen) atoms. The number of fused-ring (bicyclic) bond motifs is 6. The Morgan fingerprint density at radius 1 is 0.310 bits per heavy atom. The van der Waals surface area contributed by atoms with Crippen LogP contribution in [0, 0.1) is 23.7 Å². The fraction of sp³-hybridized carbons (Fsp3) is 0.172. The van der Waals surface area contributed by atoms with Crippen LogP contribution in [-0.4, -0.2) is 0 Å². The average molecular weight is 741 g/mol. The maximum atomic E-state index is 2.64. The van der Waals surface area contributed by atoms with Crippen molar-refractivity contribution in [3.8, 4) is 55.6 Å². The van der Waals surface area contributed by atoms with Crippen molar-refractivity contribution in [3.63, 3.8) is 0 Å². The first-order chi connectivity index (χ1) is 28.7. The van der Waals surface area contributed by atoms with Crippen molar-refractivity contribution in [2.75, 3.05) is 0 Å². The van der Waals surface area contributed by atoms with E-state index < -0.39 is 0 Å². The van der Waals surface area contributed by atoms with Gasteiger partial charge >= 0.3 is 0 Å². The highest BCUT2D eigenvalue weighted by Gasteiger charge is 2.61. The summed E-state index contributed by atoms with van der Waals surface area (Å²) >= 11 is 0. The molecule has 0 radical (unpaired) electrons. The van der Waals surface area contributed by atoms with Crippen LogP contribution >= 0.6 is 0 Å². The summed E-state index contributed by atoms with van der Waals surface area (Å²) in [4.78, 5) is 0. The van der Waals surface area contributed by atoms with E-state index >= 15 is 0 Å². The zero-order valence-electron chi connectivity index (χ0n) is 32.7. The first-order valence-corrected chi connectivity index (χ1v) is 21.6. The normalized spacial score (nSPS) is 22.6. The van der Waals surface area contributed by atoms with Crippen LogP contribution in [0.3, 0.4) is 0 Å². The van der Waals surface area contributed by atoms with E-state index in [4.69, 9.17) is 0 Å². The average Bonchev–Trinajstić information content (AvgIpc) is 3.56. The summed E-state index contributed by atoms with van der Waals surface area (Å²) in [5.41, 5.74) is 16.6. The first kappa shape index (κ1) is 32.8. The fourth-order valence-electron chi connectivity index (χ4n) is 13.2. The van der Waals surface area contributed by atoms with Crippen molar-refractivity contribution >= 4 is 32.3 Å². The molecule has 276 valence electrons. The van der Waals surface area contributed by atoms with E-state index in [0.717, 1.165) is 23.7 Å².